The highest BCUT2D eigenvalue weighted by atomic mass is 16.5. The van der Waals surface area contributed by atoms with Gasteiger partial charge in [-0.25, -0.2) is 4.98 Å². The molecule has 2 heterocycles. The number of hydrogen-bond donors (Lipinski definition) is 0. The van der Waals surface area contributed by atoms with Crippen LogP contribution in [0.5, 0.6) is 0 Å². The van der Waals surface area contributed by atoms with Gasteiger partial charge in [0.15, 0.2) is 0 Å². The van der Waals surface area contributed by atoms with Crippen LogP contribution in [0.2, 0.25) is 0 Å². The number of carbonyl (C=O) groups excluding carboxylic acids is 3. The van der Waals surface area contributed by atoms with Gasteiger partial charge in [-0.2, -0.15) is 0 Å². The van der Waals surface area contributed by atoms with Crippen LogP contribution in [0.4, 0.5) is 0 Å². The van der Waals surface area contributed by atoms with Crippen LogP contribution in [0.25, 0.3) is 11.0 Å². The molecule has 0 unspecified atom stereocenters. The van der Waals surface area contributed by atoms with Crippen LogP contribution >= 0.6 is 0 Å². The number of hydrogen-bond acceptors (Lipinski definition) is 5. The number of rotatable bonds is 4. The summed E-state index contributed by atoms with van der Waals surface area (Å²) in [5, 5.41) is 0. The van der Waals surface area contributed by atoms with E-state index in [9.17, 15) is 14.4 Å². The van der Waals surface area contributed by atoms with Crippen molar-refractivity contribution in [1.82, 2.24) is 19.4 Å². The third kappa shape index (κ3) is 3.14. The second-order valence-corrected chi connectivity index (χ2v) is 6.36. The molecule has 2 atom stereocenters. The Morgan fingerprint density at radius 1 is 1.31 bits per heavy atom. The highest BCUT2D eigenvalue weighted by Crippen LogP contribution is 2.21. The second kappa shape index (κ2) is 7.15. The number of para-hydroxylation sites is 2. The number of fused-ring (bicyclic) bond motifs is 1. The van der Waals surface area contributed by atoms with Crippen molar-refractivity contribution in [1.29, 1.82) is 0 Å². The maximum absolute atomic E-state index is 13.0. The van der Waals surface area contributed by atoms with Crippen LogP contribution in [-0.4, -0.2) is 69.9 Å². The molecule has 26 heavy (non-hydrogen) atoms. The molecule has 0 radical (unpaired) electrons. The minimum absolute atomic E-state index is 0.0938. The monoisotopic (exact) mass is 358 g/mol. The van der Waals surface area contributed by atoms with Crippen LogP contribution in [0, 0.1) is 0 Å². The molecule has 8 heteroatoms. The van der Waals surface area contributed by atoms with Crippen LogP contribution < -0.4 is 0 Å². The van der Waals surface area contributed by atoms with E-state index in [4.69, 9.17) is 0 Å². The molecule has 0 bridgehead atoms. The largest absolute Gasteiger partial charge is 0.468 e. The zero-order chi connectivity index (χ0) is 18.8. The number of aromatic nitrogens is 2. The molecule has 2 amide bonds. The number of esters is 1. The number of benzene rings is 1. The van der Waals surface area contributed by atoms with E-state index < -0.39 is 18.1 Å². The van der Waals surface area contributed by atoms with Gasteiger partial charge < -0.3 is 19.1 Å². The number of methoxy groups -OCH3 is 1. The average molecular weight is 358 g/mol. The standard InChI is InChI=1S/C18H22N4O4/c1-12-17(24)20(10-16(23)26-3)8-9-21(12)18(25)13(2)22-11-19-14-6-4-5-7-15(14)22/h4-7,11-13H,8-10H2,1-3H3/t12-,13+/m1/s1. The Morgan fingerprint density at radius 2 is 2.04 bits per heavy atom. The van der Waals surface area contributed by atoms with E-state index in [-0.39, 0.29) is 18.4 Å². The van der Waals surface area contributed by atoms with Crippen molar-refractivity contribution in [2.75, 3.05) is 26.7 Å². The number of ether oxygens (including phenoxy) is 1. The molecule has 1 aromatic heterocycles. The maximum atomic E-state index is 13.0. The molecule has 3 rings (SSSR count). The highest BCUT2D eigenvalue weighted by molar-refractivity contribution is 5.92. The lowest BCUT2D eigenvalue weighted by Crippen LogP contribution is -2.59. The summed E-state index contributed by atoms with van der Waals surface area (Å²) in [5.74, 6) is -0.868. The molecule has 1 fully saturated rings. The molecule has 2 aromatic rings. The van der Waals surface area contributed by atoms with Crippen molar-refractivity contribution in [3.8, 4) is 0 Å². The minimum atomic E-state index is -0.627. The summed E-state index contributed by atoms with van der Waals surface area (Å²) in [7, 11) is 1.28. The first-order chi connectivity index (χ1) is 12.4. The molecule has 0 aliphatic carbocycles. The van der Waals surface area contributed by atoms with Crippen molar-refractivity contribution < 1.29 is 19.1 Å². The van der Waals surface area contributed by atoms with Crippen LogP contribution in [0.15, 0.2) is 30.6 Å². The molecule has 0 spiro atoms. The highest BCUT2D eigenvalue weighted by Gasteiger charge is 2.37. The van der Waals surface area contributed by atoms with Crippen molar-refractivity contribution >= 4 is 28.8 Å². The minimum Gasteiger partial charge on any atom is -0.468 e. The Balaban J connectivity index is 1.76. The Labute approximate surface area is 151 Å². The van der Waals surface area contributed by atoms with Crippen LogP contribution in [0.1, 0.15) is 19.9 Å². The Kier molecular flexibility index (Phi) is 4.92. The van der Waals surface area contributed by atoms with Gasteiger partial charge in [-0.05, 0) is 26.0 Å². The first kappa shape index (κ1) is 17.9. The summed E-state index contributed by atoms with van der Waals surface area (Å²) >= 11 is 0. The summed E-state index contributed by atoms with van der Waals surface area (Å²) in [6.45, 7) is 4.07. The number of carbonyl (C=O) groups is 3. The first-order valence-electron chi connectivity index (χ1n) is 8.51. The van der Waals surface area contributed by atoms with Gasteiger partial charge in [-0.3, -0.25) is 14.4 Å². The number of nitrogens with zero attached hydrogens (tertiary/aromatic N) is 4. The lowest BCUT2D eigenvalue weighted by Gasteiger charge is -2.39. The number of imidazole rings is 1. The molecule has 8 nitrogen and oxygen atoms in total. The van der Waals surface area contributed by atoms with E-state index in [0.29, 0.717) is 13.1 Å². The quantitative estimate of drug-likeness (QED) is 0.756. The first-order valence-corrected chi connectivity index (χ1v) is 8.51. The second-order valence-electron chi connectivity index (χ2n) is 6.36. The SMILES string of the molecule is COC(=O)CN1CCN(C(=O)[C@H](C)n2cnc3ccccc32)[C@H](C)C1=O. The topological polar surface area (TPSA) is 84.7 Å². The fourth-order valence-corrected chi connectivity index (χ4v) is 3.25. The predicted octanol–water partition coefficient (Wildman–Crippen LogP) is 0.830. The molecule has 0 N–H and O–H groups in total. The van der Waals surface area contributed by atoms with Crippen molar-refractivity contribution in [2.45, 2.75) is 25.9 Å². The van der Waals surface area contributed by atoms with E-state index in [2.05, 4.69) is 9.72 Å². The molecule has 1 aromatic carbocycles. The summed E-state index contributed by atoms with van der Waals surface area (Å²) in [5.41, 5.74) is 1.69. The van der Waals surface area contributed by atoms with Crippen molar-refractivity contribution in [2.24, 2.45) is 0 Å². The fourth-order valence-electron chi connectivity index (χ4n) is 3.25. The van der Waals surface area contributed by atoms with Gasteiger partial charge in [0.05, 0.1) is 24.5 Å². The zero-order valence-electron chi connectivity index (χ0n) is 15.1. The van der Waals surface area contributed by atoms with Gasteiger partial charge in [-0.15, -0.1) is 0 Å². The Morgan fingerprint density at radius 3 is 2.77 bits per heavy atom. The van der Waals surface area contributed by atoms with E-state index in [1.54, 1.807) is 25.1 Å². The molecular weight excluding hydrogens is 336 g/mol. The third-order valence-corrected chi connectivity index (χ3v) is 4.83. The third-order valence-electron chi connectivity index (χ3n) is 4.83. The summed E-state index contributed by atoms with van der Waals surface area (Å²) in [4.78, 5) is 44.3. The molecule has 1 aliphatic rings. The van der Waals surface area contributed by atoms with E-state index in [0.717, 1.165) is 11.0 Å². The van der Waals surface area contributed by atoms with Gasteiger partial charge in [0.1, 0.15) is 18.6 Å². The summed E-state index contributed by atoms with van der Waals surface area (Å²) in [6, 6.07) is 6.49. The number of piperazine rings is 1. The molecule has 138 valence electrons. The lowest BCUT2D eigenvalue weighted by molar-refractivity contribution is -0.156. The van der Waals surface area contributed by atoms with E-state index in [1.165, 1.54) is 12.0 Å². The van der Waals surface area contributed by atoms with Gasteiger partial charge in [0.2, 0.25) is 11.8 Å². The zero-order valence-corrected chi connectivity index (χ0v) is 15.1. The molecule has 1 saturated heterocycles. The smallest absolute Gasteiger partial charge is 0.325 e. The summed E-state index contributed by atoms with van der Waals surface area (Å²) in [6.07, 6.45) is 1.65. The summed E-state index contributed by atoms with van der Waals surface area (Å²) < 4.78 is 6.43. The van der Waals surface area contributed by atoms with Gasteiger partial charge in [-0.1, -0.05) is 12.1 Å². The van der Waals surface area contributed by atoms with Gasteiger partial charge >= 0.3 is 5.97 Å². The average Bonchev–Trinajstić information content (AvgIpc) is 3.08. The van der Waals surface area contributed by atoms with Gasteiger partial charge in [0, 0.05) is 13.1 Å². The van der Waals surface area contributed by atoms with E-state index in [1.807, 2.05) is 28.8 Å². The molecule has 1 aliphatic heterocycles. The lowest BCUT2D eigenvalue weighted by atomic mass is 10.1. The maximum Gasteiger partial charge on any atom is 0.325 e. The Bertz CT molecular complexity index is 847. The fraction of sp³-hybridized carbons (Fsp3) is 0.444. The van der Waals surface area contributed by atoms with Crippen LogP contribution in [0.3, 0.4) is 0 Å². The van der Waals surface area contributed by atoms with Crippen molar-refractivity contribution in [3.63, 3.8) is 0 Å². The molecular formula is C18H22N4O4. The number of amides is 2. The van der Waals surface area contributed by atoms with Crippen molar-refractivity contribution in [3.05, 3.63) is 30.6 Å². The normalized spacial score (nSPS) is 18.9. The predicted molar refractivity (Wildman–Crippen MR) is 94.2 cm³/mol. The van der Waals surface area contributed by atoms with E-state index >= 15 is 0 Å². The Hall–Kier alpha value is -2.90. The van der Waals surface area contributed by atoms with Gasteiger partial charge in [0.25, 0.3) is 0 Å². The van der Waals surface area contributed by atoms with Crippen LogP contribution in [-0.2, 0) is 19.1 Å². The molecule has 0 saturated carbocycles.